The van der Waals surface area contributed by atoms with Crippen LogP contribution in [0, 0.1) is 0 Å². The van der Waals surface area contributed by atoms with Gasteiger partial charge in [-0.25, -0.2) is 0 Å². The first-order valence-corrected chi connectivity index (χ1v) is 5.38. The summed E-state index contributed by atoms with van der Waals surface area (Å²) in [5.41, 5.74) is 2.43. The van der Waals surface area contributed by atoms with Crippen molar-refractivity contribution in [3.63, 3.8) is 0 Å². The van der Waals surface area contributed by atoms with E-state index in [0.29, 0.717) is 0 Å². The molecule has 1 nitrogen and oxygen atoms in total. The number of benzene rings is 1. The highest BCUT2D eigenvalue weighted by Gasteiger charge is 2.08. The van der Waals surface area contributed by atoms with Crippen LogP contribution in [-0.2, 0) is 0 Å². The molecule has 1 atom stereocenters. The van der Waals surface area contributed by atoms with Gasteiger partial charge < -0.3 is 0 Å². The zero-order valence-corrected chi connectivity index (χ0v) is 9.18. The first-order valence-electron chi connectivity index (χ1n) is 4.47. The average Bonchev–Trinajstić information content (AvgIpc) is 2.30. The lowest BCUT2D eigenvalue weighted by molar-refractivity contribution is 1.13. The highest BCUT2D eigenvalue weighted by atomic mass is 79.9. The number of rotatable bonds is 2. The van der Waals surface area contributed by atoms with Gasteiger partial charge in [-0.05, 0) is 17.2 Å². The third-order valence-electron chi connectivity index (χ3n) is 2.07. The van der Waals surface area contributed by atoms with Gasteiger partial charge in [0.05, 0.1) is 4.83 Å². The number of nitrogens with zero attached hydrogens (tertiary/aromatic N) is 1. The molecule has 0 radical (unpaired) electrons. The molecule has 0 aliphatic heterocycles. The van der Waals surface area contributed by atoms with Crippen molar-refractivity contribution < 1.29 is 0 Å². The van der Waals surface area contributed by atoms with Crippen molar-refractivity contribution in [2.24, 2.45) is 0 Å². The predicted molar refractivity (Wildman–Crippen MR) is 61.4 cm³/mol. The van der Waals surface area contributed by atoms with Gasteiger partial charge >= 0.3 is 0 Å². The summed E-state index contributed by atoms with van der Waals surface area (Å²) in [6.07, 6.45) is 3.67. The first kappa shape index (κ1) is 9.41. The standard InChI is InChI=1S/C12H10BrN/c13-12(10-5-2-1-3-6-10)11-7-4-8-14-9-11/h1-9,12H. The summed E-state index contributed by atoms with van der Waals surface area (Å²) in [5, 5.41) is 0. The van der Waals surface area contributed by atoms with E-state index in [-0.39, 0.29) is 4.83 Å². The fourth-order valence-electron chi connectivity index (χ4n) is 1.34. The molecule has 0 saturated heterocycles. The molecule has 1 aromatic carbocycles. The van der Waals surface area contributed by atoms with Gasteiger partial charge in [-0.1, -0.05) is 52.3 Å². The van der Waals surface area contributed by atoms with E-state index in [4.69, 9.17) is 0 Å². The van der Waals surface area contributed by atoms with Crippen LogP contribution in [0.5, 0.6) is 0 Å². The fraction of sp³-hybridized carbons (Fsp3) is 0.0833. The molecule has 0 aliphatic carbocycles. The molecule has 0 amide bonds. The quantitative estimate of drug-likeness (QED) is 0.740. The molecule has 0 fully saturated rings. The van der Waals surface area contributed by atoms with E-state index in [0.717, 1.165) is 0 Å². The SMILES string of the molecule is BrC(c1ccccc1)c1cccnc1. The Hall–Kier alpha value is -1.15. The molecule has 1 heterocycles. The summed E-state index contributed by atoms with van der Waals surface area (Å²) >= 11 is 3.65. The van der Waals surface area contributed by atoms with Crippen LogP contribution < -0.4 is 0 Å². The summed E-state index contributed by atoms with van der Waals surface area (Å²) in [6, 6.07) is 14.3. The van der Waals surface area contributed by atoms with Gasteiger partial charge in [-0.2, -0.15) is 0 Å². The summed E-state index contributed by atoms with van der Waals surface area (Å²) < 4.78 is 0. The number of hydrogen-bond donors (Lipinski definition) is 0. The van der Waals surface area contributed by atoms with Crippen LogP contribution in [0.1, 0.15) is 16.0 Å². The summed E-state index contributed by atoms with van der Waals surface area (Å²) in [7, 11) is 0. The number of pyridine rings is 1. The van der Waals surface area contributed by atoms with E-state index in [1.165, 1.54) is 11.1 Å². The van der Waals surface area contributed by atoms with Crippen LogP contribution >= 0.6 is 15.9 Å². The molecule has 1 unspecified atom stereocenters. The number of halogens is 1. The number of hydrogen-bond acceptors (Lipinski definition) is 1. The Kier molecular flexibility index (Phi) is 2.94. The highest BCUT2D eigenvalue weighted by Crippen LogP contribution is 2.29. The third-order valence-corrected chi connectivity index (χ3v) is 3.13. The maximum absolute atomic E-state index is 4.10. The van der Waals surface area contributed by atoms with Gasteiger partial charge in [0.2, 0.25) is 0 Å². The molecule has 70 valence electrons. The minimum absolute atomic E-state index is 0.234. The van der Waals surface area contributed by atoms with Crippen LogP contribution in [0.25, 0.3) is 0 Å². The maximum Gasteiger partial charge on any atom is 0.0659 e. The van der Waals surface area contributed by atoms with Crippen molar-refractivity contribution >= 4 is 15.9 Å². The van der Waals surface area contributed by atoms with Crippen LogP contribution in [0.4, 0.5) is 0 Å². The summed E-state index contributed by atoms with van der Waals surface area (Å²) in [6.45, 7) is 0. The van der Waals surface area contributed by atoms with Crippen molar-refractivity contribution in [3.05, 3.63) is 66.0 Å². The molecule has 0 N–H and O–H groups in total. The largest absolute Gasteiger partial charge is 0.264 e. The van der Waals surface area contributed by atoms with E-state index >= 15 is 0 Å². The molecular formula is C12H10BrN. The van der Waals surface area contributed by atoms with Crippen LogP contribution in [0.2, 0.25) is 0 Å². The molecule has 0 spiro atoms. The molecule has 2 aromatic rings. The van der Waals surface area contributed by atoms with Crippen molar-refractivity contribution in [1.82, 2.24) is 4.98 Å². The molecule has 2 heteroatoms. The monoisotopic (exact) mass is 247 g/mol. The Balaban J connectivity index is 2.30. The zero-order valence-electron chi connectivity index (χ0n) is 7.60. The van der Waals surface area contributed by atoms with Gasteiger partial charge in [0.15, 0.2) is 0 Å². The molecule has 1 aromatic heterocycles. The first-order chi connectivity index (χ1) is 6.88. The lowest BCUT2D eigenvalue weighted by atomic mass is 10.1. The van der Waals surface area contributed by atoms with E-state index in [1.807, 2.05) is 30.5 Å². The predicted octanol–water partition coefficient (Wildman–Crippen LogP) is 3.57. The van der Waals surface area contributed by atoms with Crippen LogP contribution in [0.3, 0.4) is 0 Å². The van der Waals surface area contributed by atoms with Crippen molar-refractivity contribution in [3.8, 4) is 0 Å². The average molecular weight is 248 g/mol. The van der Waals surface area contributed by atoms with Gasteiger partial charge in [0, 0.05) is 12.4 Å². The molecule has 0 aliphatic rings. The maximum atomic E-state index is 4.10. The van der Waals surface area contributed by atoms with E-state index in [9.17, 15) is 0 Å². The van der Waals surface area contributed by atoms with Crippen LogP contribution in [-0.4, -0.2) is 4.98 Å². The lowest BCUT2D eigenvalue weighted by Crippen LogP contribution is -1.92. The number of aromatic nitrogens is 1. The smallest absolute Gasteiger partial charge is 0.0659 e. The lowest BCUT2D eigenvalue weighted by Gasteiger charge is -2.09. The Labute approximate surface area is 91.9 Å². The number of alkyl halides is 1. The van der Waals surface area contributed by atoms with Crippen LogP contribution in [0.15, 0.2) is 54.9 Å². The fourth-order valence-corrected chi connectivity index (χ4v) is 1.92. The topological polar surface area (TPSA) is 12.9 Å². The molecule has 0 saturated carbocycles. The zero-order chi connectivity index (χ0) is 9.80. The van der Waals surface area contributed by atoms with Crippen molar-refractivity contribution in [2.45, 2.75) is 4.83 Å². The second kappa shape index (κ2) is 4.38. The molecule has 14 heavy (non-hydrogen) atoms. The Morgan fingerprint density at radius 2 is 1.64 bits per heavy atom. The van der Waals surface area contributed by atoms with Gasteiger partial charge in [-0.3, -0.25) is 4.98 Å². The second-order valence-corrected chi connectivity index (χ2v) is 3.98. The van der Waals surface area contributed by atoms with E-state index in [2.05, 4.69) is 39.1 Å². The van der Waals surface area contributed by atoms with Crippen molar-refractivity contribution in [2.75, 3.05) is 0 Å². The van der Waals surface area contributed by atoms with Gasteiger partial charge in [-0.15, -0.1) is 0 Å². The summed E-state index contributed by atoms with van der Waals surface area (Å²) in [5.74, 6) is 0. The summed E-state index contributed by atoms with van der Waals surface area (Å²) in [4.78, 5) is 4.33. The minimum Gasteiger partial charge on any atom is -0.264 e. The van der Waals surface area contributed by atoms with Gasteiger partial charge in [0.1, 0.15) is 0 Å². The minimum atomic E-state index is 0.234. The normalized spacial score (nSPS) is 12.4. The molecule has 0 bridgehead atoms. The Bertz CT molecular complexity index is 346. The van der Waals surface area contributed by atoms with E-state index < -0.39 is 0 Å². The van der Waals surface area contributed by atoms with Gasteiger partial charge in [0.25, 0.3) is 0 Å². The highest BCUT2D eigenvalue weighted by molar-refractivity contribution is 9.09. The second-order valence-electron chi connectivity index (χ2n) is 3.06. The molecule has 2 rings (SSSR count). The Morgan fingerprint density at radius 1 is 0.929 bits per heavy atom. The Morgan fingerprint density at radius 3 is 2.29 bits per heavy atom. The van der Waals surface area contributed by atoms with E-state index in [1.54, 1.807) is 6.20 Å². The third kappa shape index (κ3) is 2.02. The molecular weight excluding hydrogens is 238 g/mol. The van der Waals surface area contributed by atoms with Crippen molar-refractivity contribution in [1.29, 1.82) is 0 Å².